The van der Waals surface area contributed by atoms with E-state index in [4.69, 9.17) is 11.6 Å². The first-order valence-corrected chi connectivity index (χ1v) is 11.2. The highest BCUT2D eigenvalue weighted by atomic mass is 35.5. The summed E-state index contributed by atoms with van der Waals surface area (Å²) in [6, 6.07) is 8.51. The van der Waals surface area contributed by atoms with Crippen molar-refractivity contribution in [3.05, 3.63) is 80.5 Å². The molecule has 7 nitrogen and oxygen atoms in total. The van der Waals surface area contributed by atoms with Crippen LogP contribution in [0.3, 0.4) is 0 Å². The first-order valence-electron chi connectivity index (χ1n) is 10.9. The quantitative estimate of drug-likeness (QED) is 0.463. The summed E-state index contributed by atoms with van der Waals surface area (Å²) in [7, 11) is 0. The average Bonchev–Trinajstić information content (AvgIpc) is 3.19. The van der Waals surface area contributed by atoms with Crippen molar-refractivity contribution in [2.24, 2.45) is 0 Å². The van der Waals surface area contributed by atoms with E-state index >= 15 is 0 Å². The zero-order valence-electron chi connectivity index (χ0n) is 19.3. The highest BCUT2D eigenvalue weighted by molar-refractivity contribution is 6.44. The van der Waals surface area contributed by atoms with Gasteiger partial charge in [0.1, 0.15) is 5.57 Å². The molecule has 1 aliphatic rings. The molecule has 1 aromatic carbocycles. The van der Waals surface area contributed by atoms with Crippen molar-refractivity contribution in [3.63, 3.8) is 0 Å². The van der Waals surface area contributed by atoms with Gasteiger partial charge < -0.3 is 0 Å². The van der Waals surface area contributed by atoms with E-state index < -0.39 is 17.4 Å². The van der Waals surface area contributed by atoms with Gasteiger partial charge in [-0.3, -0.25) is 24.4 Å². The van der Waals surface area contributed by atoms with Crippen LogP contribution in [0, 0.1) is 13.8 Å². The molecule has 4 rings (SSSR count). The van der Waals surface area contributed by atoms with E-state index in [1.54, 1.807) is 55.1 Å². The number of hydrogen-bond acceptors (Lipinski definition) is 3. The Morgan fingerprint density at radius 2 is 1.70 bits per heavy atom. The Morgan fingerprint density at radius 3 is 2.27 bits per heavy atom. The van der Waals surface area contributed by atoms with Crippen molar-refractivity contribution < 1.29 is 14.2 Å². The monoisotopic (exact) mass is 465 g/mol. The van der Waals surface area contributed by atoms with Crippen LogP contribution in [-0.4, -0.2) is 32.5 Å². The van der Waals surface area contributed by atoms with Crippen LogP contribution in [0.5, 0.6) is 0 Å². The molecule has 1 N–H and O–H groups in total. The number of hydrogen-bond donors (Lipinski definition) is 1. The largest absolute Gasteiger partial charge is 0.327 e. The van der Waals surface area contributed by atoms with Crippen molar-refractivity contribution in [3.8, 4) is 5.69 Å². The molecule has 1 aliphatic heterocycles. The number of nitrogens with zero attached hydrogens (tertiary/aromatic N) is 3. The van der Waals surface area contributed by atoms with Gasteiger partial charge in [-0.25, -0.2) is 4.68 Å². The van der Waals surface area contributed by atoms with Crippen LogP contribution in [0.4, 0.5) is 0 Å². The molecule has 0 fully saturated rings. The molecule has 3 aromatic rings. The van der Waals surface area contributed by atoms with Crippen LogP contribution in [0.1, 0.15) is 43.2 Å². The highest BCUT2D eigenvalue weighted by Crippen LogP contribution is 2.31. The van der Waals surface area contributed by atoms with Gasteiger partial charge in [-0.2, -0.15) is 4.57 Å². The van der Waals surface area contributed by atoms with E-state index in [-0.39, 0.29) is 22.9 Å². The van der Waals surface area contributed by atoms with Crippen LogP contribution in [0.2, 0.25) is 5.02 Å². The number of nitrogens with one attached hydrogen (secondary N) is 1. The summed E-state index contributed by atoms with van der Waals surface area (Å²) < 4.78 is 3.03. The van der Waals surface area contributed by atoms with Crippen molar-refractivity contribution in [2.75, 3.05) is 0 Å². The number of carbonyl (C=O) groups is 2. The normalized spacial score (nSPS) is 14.2. The molecule has 0 bridgehead atoms. The van der Waals surface area contributed by atoms with Gasteiger partial charge in [0, 0.05) is 27.9 Å². The maximum atomic E-state index is 13.7. The number of carbonyl (C=O) groups excluding carboxylic acids is 2. The summed E-state index contributed by atoms with van der Waals surface area (Å²) in [5, 5.41) is 3.60. The van der Waals surface area contributed by atoms with Gasteiger partial charge in [0.25, 0.3) is 17.2 Å². The van der Waals surface area contributed by atoms with Crippen LogP contribution >= 0.6 is 11.6 Å². The van der Waals surface area contributed by atoms with Crippen molar-refractivity contribution >= 4 is 34.7 Å². The molecule has 0 radical (unpaired) electrons. The summed E-state index contributed by atoms with van der Waals surface area (Å²) >= 11 is 6.14. The summed E-state index contributed by atoms with van der Waals surface area (Å²) in [6.07, 6.45) is 4.06. The summed E-state index contributed by atoms with van der Waals surface area (Å²) in [5.74, 6) is -0.891. The molecule has 33 heavy (non-hydrogen) atoms. The topological polar surface area (TPSA) is 79.1 Å². The summed E-state index contributed by atoms with van der Waals surface area (Å²) in [4.78, 5) is 41.9. The van der Waals surface area contributed by atoms with E-state index in [0.29, 0.717) is 22.8 Å². The molecule has 0 aliphatic carbocycles. The minimum Gasteiger partial charge on any atom is -0.294 e. The van der Waals surface area contributed by atoms with Gasteiger partial charge in [-0.15, -0.1) is 0 Å². The third kappa shape index (κ3) is 3.82. The van der Waals surface area contributed by atoms with Gasteiger partial charge in [-0.05, 0) is 58.4 Å². The molecule has 170 valence electrons. The van der Waals surface area contributed by atoms with Crippen molar-refractivity contribution in [2.45, 2.75) is 47.1 Å². The lowest BCUT2D eigenvalue weighted by molar-refractivity contribution is -0.577. The number of H-pyrrole nitrogens is 1. The van der Waals surface area contributed by atoms with Crippen LogP contribution < -0.4 is 10.1 Å². The molecular formula is C25H26ClN4O3+. The molecular weight excluding hydrogens is 440 g/mol. The third-order valence-electron chi connectivity index (χ3n) is 5.64. The van der Waals surface area contributed by atoms with E-state index in [1.165, 1.54) is 9.58 Å². The van der Waals surface area contributed by atoms with Gasteiger partial charge in [0.2, 0.25) is 0 Å². The number of aromatic amines is 1. The second-order valence-corrected chi connectivity index (χ2v) is 8.97. The minimum absolute atomic E-state index is 0.113. The standard InChI is InChI=1S/C25H25ClN4O3/c1-6-19-20(24(32)30(27-19)18-9-7-8-17(26)11-18)21-22(25(33)29(14(2)3)23(21)31)28-12-15(4)10-16(5)13-28/h7-14H,6H2,1-5H3/p+1. The first-order chi connectivity index (χ1) is 15.6. The Hall–Kier alpha value is -3.45. The number of aromatic nitrogens is 3. The zero-order chi connectivity index (χ0) is 24.0. The third-order valence-corrected chi connectivity index (χ3v) is 5.88. The molecule has 8 heteroatoms. The second kappa shape index (κ2) is 8.48. The molecule has 0 saturated heterocycles. The van der Waals surface area contributed by atoms with E-state index in [9.17, 15) is 14.4 Å². The lowest BCUT2D eigenvalue weighted by atomic mass is 10.0. The number of pyridine rings is 1. The van der Waals surface area contributed by atoms with Crippen molar-refractivity contribution in [1.82, 2.24) is 14.7 Å². The summed E-state index contributed by atoms with van der Waals surface area (Å²) in [5.41, 5.74) is 3.10. The Bertz CT molecular complexity index is 1360. The molecule has 0 unspecified atom stereocenters. The highest BCUT2D eigenvalue weighted by Gasteiger charge is 2.48. The fourth-order valence-electron chi connectivity index (χ4n) is 4.30. The first kappa shape index (κ1) is 22.7. The predicted octanol–water partition coefficient (Wildman–Crippen LogP) is 3.43. The maximum Gasteiger partial charge on any atom is 0.327 e. The molecule has 0 atom stereocenters. The fourth-order valence-corrected chi connectivity index (χ4v) is 4.49. The number of imide groups is 1. The molecule has 2 amide bonds. The predicted molar refractivity (Wildman–Crippen MR) is 127 cm³/mol. The number of aryl methyl sites for hydroxylation is 3. The van der Waals surface area contributed by atoms with E-state index in [1.807, 2.05) is 26.8 Å². The Morgan fingerprint density at radius 1 is 1.03 bits per heavy atom. The molecule has 2 aromatic heterocycles. The average molecular weight is 466 g/mol. The maximum absolute atomic E-state index is 13.7. The van der Waals surface area contributed by atoms with E-state index in [0.717, 1.165) is 11.1 Å². The van der Waals surface area contributed by atoms with Gasteiger partial charge in [0.15, 0.2) is 12.4 Å². The lowest BCUT2D eigenvalue weighted by Crippen LogP contribution is -2.42. The van der Waals surface area contributed by atoms with Crippen molar-refractivity contribution in [1.29, 1.82) is 0 Å². The van der Waals surface area contributed by atoms with Crippen LogP contribution in [0.25, 0.3) is 17.0 Å². The number of amides is 2. The Balaban J connectivity index is 2.05. The zero-order valence-corrected chi connectivity index (χ0v) is 20.0. The second-order valence-electron chi connectivity index (χ2n) is 8.53. The van der Waals surface area contributed by atoms with Gasteiger partial charge >= 0.3 is 5.91 Å². The molecule has 3 heterocycles. The SMILES string of the molecule is CCc1[nH]n(-c2cccc(Cl)c2)c(=O)c1C1=C([n+]2cc(C)cc(C)c2)C(=O)N(C(C)C)C1=O. The van der Waals surface area contributed by atoms with Crippen LogP contribution in [0.15, 0.2) is 47.5 Å². The summed E-state index contributed by atoms with van der Waals surface area (Å²) in [6.45, 7) is 9.30. The number of rotatable bonds is 5. The Kier molecular flexibility index (Phi) is 5.84. The number of benzene rings is 1. The van der Waals surface area contributed by atoms with Crippen LogP contribution in [-0.2, 0) is 16.0 Å². The lowest BCUT2D eigenvalue weighted by Gasteiger charge is -2.17. The fraction of sp³-hybridized carbons (Fsp3) is 0.280. The minimum atomic E-state index is -0.472. The number of halogens is 1. The van der Waals surface area contributed by atoms with Gasteiger partial charge in [0.05, 0.1) is 11.3 Å². The van der Waals surface area contributed by atoms with Gasteiger partial charge in [-0.1, -0.05) is 24.6 Å². The smallest absolute Gasteiger partial charge is 0.294 e. The molecule has 0 saturated carbocycles. The Labute approximate surface area is 196 Å². The van der Waals surface area contributed by atoms with E-state index in [2.05, 4.69) is 5.10 Å². The molecule has 0 spiro atoms.